The molecule has 2 amide bonds. The molecule has 6 heteroatoms. The molecule has 0 bridgehead atoms. The minimum Gasteiger partial charge on any atom is -0.330 e. The Hall–Kier alpha value is -3.15. The Bertz CT molecular complexity index is 1120. The summed E-state index contributed by atoms with van der Waals surface area (Å²) in [6.07, 6.45) is 3.96. The number of carbonyl (C=O) groups excluding carboxylic acids is 2. The van der Waals surface area contributed by atoms with Gasteiger partial charge in [0.05, 0.1) is 0 Å². The fourth-order valence-corrected chi connectivity index (χ4v) is 4.58. The molecule has 4 rings (SSSR count). The Labute approximate surface area is 199 Å². The highest BCUT2D eigenvalue weighted by atomic mass is 35.5. The first-order chi connectivity index (χ1) is 16.0. The Kier molecular flexibility index (Phi) is 7.43. The molecule has 0 spiro atoms. The highest BCUT2D eigenvalue weighted by Crippen LogP contribution is 2.26. The lowest BCUT2D eigenvalue weighted by Gasteiger charge is -2.38. The van der Waals surface area contributed by atoms with Crippen LogP contribution in [-0.4, -0.2) is 28.8 Å². The van der Waals surface area contributed by atoms with Crippen LogP contribution in [0.1, 0.15) is 52.0 Å². The number of amides is 2. The van der Waals surface area contributed by atoms with Gasteiger partial charge >= 0.3 is 0 Å². The van der Waals surface area contributed by atoms with Crippen LogP contribution >= 0.6 is 11.6 Å². The number of halogens is 1. The minimum absolute atomic E-state index is 0.0174. The van der Waals surface area contributed by atoms with Crippen LogP contribution in [0.3, 0.4) is 0 Å². The van der Waals surface area contributed by atoms with Crippen LogP contribution in [0, 0.1) is 0 Å². The molecule has 0 aliphatic heterocycles. The smallest absolute Gasteiger partial charge is 0.255 e. The molecule has 2 atom stereocenters. The molecular weight excluding hydrogens is 434 g/mol. The fourth-order valence-electron chi connectivity index (χ4n) is 4.39. The molecule has 33 heavy (non-hydrogen) atoms. The Morgan fingerprint density at radius 3 is 2.39 bits per heavy atom. The van der Waals surface area contributed by atoms with Crippen molar-refractivity contribution in [1.29, 1.82) is 0 Å². The zero-order chi connectivity index (χ0) is 23.2. The number of benzene rings is 3. The number of carbonyl (C=O) groups is 2. The van der Waals surface area contributed by atoms with Gasteiger partial charge in [-0.25, -0.2) is 0 Å². The molecule has 0 aromatic heterocycles. The van der Waals surface area contributed by atoms with E-state index >= 15 is 0 Å². The van der Waals surface area contributed by atoms with Gasteiger partial charge in [0.15, 0.2) is 0 Å². The first-order valence-electron chi connectivity index (χ1n) is 11.3. The van der Waals surface area contributed by atoms with Crippen LogP contribution in [0.5, 0.6) is 0 Å². The molecule has 5 nitrogen and oxygen atoms in total. The van der Waals surface area contributed by atoms with E-state index in [1.165, 1.54) is 0 Å². The summed E-state index contributed by atoms with van der Waals surface area (Å²) >= 11 is 6.01. The highest BCUT2D eigenvalue weighted by molar-refractivity contribution is 6.31. The van der Waals surface area contributed by atoms with Crippen molar-refractivity contribution in [2.24, 2.45) is 5.73 Å². The van der Waals surface area contributed by atoms with Crippen molar-refractivity contribution in [2.45, 2.75) is 44.3 Å². The fraction of sp³-hybridized carbons (Fsp3) is 0.259. The lowest BCUT2D eigenvalue weighted by atomic mass is 9.89. The number of hydrogen-bond acceptors (Lipinski definition) is 3. The second kappa shape index (κ2) is 10.6. The summed E-state index contributed by atoms with van der Waals surface area (Å²) in [6.45, 7) is 0.424. The monoisotopic (exact) mass is 461 g/mol. The van der Waals surface area contributed by atoms with E-state index in [2.05, 4.69) is 5.32 Å². The lowest BCUT2D eigenvalue weighted by molar-refractivity contribution is 0.0583. The molecule has 3 N–H and O–H groups in total. The van der Waals surface area contributed by atoms with Crippen LogP contribution in [0.15, 0.2) is 78.9 Å². The van der Waals surface area contributed by atoms with Gasteiger partial charge in [-0.15, -0.1) is 0 Å². The number of anilines is 1. The zero-order valence-corrected chi connectivity index (χ0v) is 19.2. The van der Waals surface area contributed by atoms with Crippen LogP contribution in [-0.2, 0) is 6.54 Å². The number of nitrogens with one attached hydrogen (secondary N) is 1. The quantitative estimate of drug-likeness (QED) is 0.508. The van der Waals surface area contributed by atoms with Crippen LogP contribution in [0.2, 0.25) is 5.02 Å². The van der Waals surface area contributed by atoms with E-state index in [1.807, 2.05) is 59.5 Å². The maximum atomic E-state index is 13.5. The van der Waals surface area contributed by atoms with Gasteiger partial charge in [0, 0.05) is 40.5 Å². The van der Waals surface area contributed by atoms with E-state index in [1.54, 1.807) is 24.3 Å². The average Bonchev–Trinajstić information content (AvgIpc) is 2.83. The summed E-state index contributed by atoms with van der Waals surface area (Å²) in [5, 5.41) is 3.43. The third-order valence-corrected chi connectivity index (χ3v) is 6.32. The lowest BCUT2D eigenvalue weighted by Crippen LogP contribution is -2.51. The van der Waals surface area contributed by atoms with E-state index in [9.17, 15) is 9.59 Å². The predicted molar refractivity (Wildman–Crippen MR) is 132 cm³/mol. The molecular formula is C27H28ClN3O2. The van der Waals surface area contributed by atoms with Gasteiger partial charge in [-0.3, -0.25) is 9.59 Å². The standard InChI is InChI=1S/C27H28ClN3O2/c28-22-12-7-11-21(17-22)26(32)30-23-13-6-8-19(16-23)18-31(25-15-5-4-14-24(25)29)27(33)20-9-2-1-3-10-20/h1-3,6-13,16-17,24-25H,4-5,14-15,18,29H2,(H,30,32). The van der Waals surface area contributed by atoms with Gasteiger partial charge in [0.25, 0.3) is 11.8 Å². The van der Waals surface area contributed by atoms with E-state index in [-0.39, 0.29) is 23.9 Å². The van der Waals surface area contributed by atoms with Gasteiger partial charge in [-0.2, -0.15) is 0 Å². The molecule has 0 radical (unpaired) electrons. The average molecular weight is 462 g/mol. The molecule has 2 unspecified atom stereocenters. The largest absolute Gasteiger partial charge is 0.330 e. The van der Waals surface area contributed by atoms with E-state index < -0.39 is 0 Å². The topological polar surface area (TPSA) is 75.4 Å². The van der Waals surface area contributed by atoms with Crippen molar-refractivity contribution in [2.75, 3.05) is 5.32 Å². The summed E-state index contributed by atoms with van der Waals surface area (Å²) < 4.78 is 0. The summed E-state index contributed by atoms with van der Waals surface area (Å²) in [5.74, 6) is -0.257. The molecule has 1 aliphatic carbocycles. The Balaban J connectivity index is 1.56. The minimum atomic E-state index is -0.235. The van der Waals surface area contributed by atoms with E-state index in [0.717, 1.165) is 31.2 Å². The van der Waals surface area contributed by atoms with E-state index in [0.29, 0.717) is 28.4 Å². The van der Waals surface area contributed by atoms with Crippen molar-refractivity contribution in [1.82, 2.24) is 4.90 Å². The van der Waals surface area contributed by atoms with Crippen LogP contribution < -0.4 is 11.1 Å². The molecule has 3 aromatic rings. The number of rotatable bonds is 6. The number of nitrogens with zero attached hydrogens (tertiary/aromatic N) is 1. The Morgan fingerprint density at radius 1 is 0.909 bits per heavy atom. The van der Waals surface area contributed by atoms with Gasteiger partial charge in [-0.1, -0.05) is 60.8 Å². The maximum absolute atomic E-state index is 13.5. The molecule has 1 saturated carbocycles. The zero-order valence-electron chi connectivity index (χ0n) is 18.4. The summed E-state index contributed by atoms with van der Waals surface area (Å²) in [7, 11) is 0. The maximum Gasteiger partial charge on any atom is 0.255 e. The molecule has 1 fully saturated rings. The third kappa shape index (κ3) is 5.81. The van der Waals surface area contributed by atoms with Crippen LogP contribution in [0.4, 0.5) is 5.69 Å². The first-order valence-corrected chi connectivity index (χ1v) is 11.7. The van der Waals surface area contributed by atoms with Gasteiger partial charge in [-0.05, 0) is 60.9 Å². The summed E-state index contributed by atoms with van der Waals surface area (Å²) in [5.41, 5.74) is 9.20. The summed E-state index contributed by atoms with van der Waals surface area (Å²) in [4.78, 5) is 28.0. The van der Waals surface area contributed by atoms with E-state index in [4.69, 9.17) is 17.3 Å². The second-order valence-electron chi connectivity index (χ2n) is 8.48. The number of nitrogens with two attached hydrogens (primary N) is 1. The molecule has 1 aliphatic rings. The van der Waals surface area contributed by atoms with Gasteiger partial charge in [0.1, 0.15) is 0 Å². The second-order valence-corrected chi connectivity index (χ2v) is 8.92. The van der Waals surface area contributed by atoms with Crippen molar-refractivity contribution in [3.8, 4) is 0 Å². The van der Waals surface area contributed by atoms with Crippen molar-refractivity contribution >= 4 is 29.1 Å². The molecule has 3 aromatic carbocycles. The first kappa shape index (κ1) is 23.0. The third-order valence-electron chi connectivity index (χ3n) is 6.09. The molecule has 0 saturated heterocycles. The Morgan fingerprint density at radius 2 is 1.64 bits per heavy atom. The van der Waals surface area contributed by atoms with Crippen LogP contribution in [0.25, 0.3) is 0 Å². The van der Waals surface area contributed by atoms with Gasteiger partial charge < -0.3 is 16.0 Å². The normalized spacial score (nSPS) is 17.9. The highest BCUT2D eigenvalue weighted by Gasteiger charge is 2.31. The van der Waals surface area contributed by atoms with Crippen molar-refractivity contribution < 1.29 is 9.59 Å². The predicted octanol–water partition coefficient (Wildman–Crippen LogP) is 5.50. The van der Waals surface area contributed by atoms with Crippen molar-refractivity contribution in [3.63, 3.8) is 0 Å². The van der Waals surface area contributed by atoms with Gasteiger partial charge in [0.2, 0.25) is 0 Å². The van der Waals surface area contributed by atoms with Crippen molar-refractivity contribution in [3.05, 3.63) is 101 Å². The molecule has 0 heterocycles. The SMILES string of the molecule is NC1CCCCC1N(Cc1cccc(NC(=O)c2cccc(Cl)c2)c1)C(=O)c1ccccc1. The number of hydrogen-bond donors (Lipinski definition) is 2. The molecule has 170 valence electrons. The summed E-state index contributed by atoms with van der Waals surface area (Å²) in [6, 6.07) is 23.7.